The molecule has 1 aliphatic carbocycles. The summed E-state index contributed by atoms with van der Waals surface area (Å²) in [5.74, 6) is 5.70. The summed E-state index contributed by atoms with van der Waals surface area (Å²) in [6.07, 6.45) is 9.94. The molecule has 1 fully saturated rings. The molecule has 1 heterocycles. The molecule has 0 atom stereocenters. The average Bonchev–Trinajstić information content (AvgIpc) is 2.41. The summed E-state index contributed by atoms with van der Waals surface area (Å²) in [5, 5.41) is 3.11. The molecule has 110 valence electrons. The van der Waals surface area contributed by atoms with Crippen molar-refractivity contribution in [1.29, 1.82) is 0 Å². The first kappa shape index (κ1) is 15.3. The smallest absolute Gasteiger partial charge is 0.255 e. The highest BCUT2D eigenvalue weighted by Gasteiger charge is 2.18. The van der Waals surface area contributed by atoms with Gasteiger partial charge in [0.25, 0.3) is 5.91 Å². The van der Waals surface area contributed by atoms with E-state index in [4.69, 9.17) is 5.84 Å². The summed E-state index contributed by atoms with van der Waals surface area (Å²) in [6, 6.07) is 1.99. The van der Waals surface area contributed by atoms with Gasteiger partial charge in [-0.2, -0.15) is 0 Å². The molecular weight excluding hydrogens is 320 g/mol. The van der Waals surface area contributed by atoms with Gasteiger partial charge in [-0.05, 0) is 34.8 Å². The number of hydrogen-bond acceptors (Lipinski definition) is 4. The first-order valence-corrected chi connectivity index (χ1v) is 7.93. The average molecular weight is 341 g/mol. The Balaban J connectivity index is 2.04. The van der Waals surface area contributed by atoms with E-state index in [0.29, 0.717) is 11.4 Å². The van der Waals surface area contributed by atoms with Crippen LogP contribution in [0.25, 0.3) is 0 Å². The molecule has 0 bridgehead atoms. The summed E-state index contributed by atoms with van der Waals surface area (Å²) in [7, 11) is 0. The number of rotatable bonds is 3. The normalized spacial score (nSPS) is 17.1. The maximum atomic E-state index is 12.4. The predicted octanol–water partition coefficient (Wildman–Crippen LogP) is 2.97. The maximum absolute atomic E-state index is 12.4. The fraction of sp³-hybridized carbons (Fsp3) is 0.571. The summed E-state index contributed by atoms with van der Waals surface area (Å²) in [4.78, 5) is 16.5. The van der Waals surface area contributed by atoms with Gasteiger partial charge < -0.3 is 10.7 Å². The van der Waals surface area contributed by atoms with E-state index in [-0.39, 0.29) is 11.9 Å². The van der Waals surface area contributed by atoms with Crippen molar-refractivity contribution in [2.75, 3.05) is 5.43 Å². The molecular formula is C14H21BrN4O. The zero-order valence-corrected chi connectivity index (χ0v) is 13.1. The molecule has 5 nitrogen and oxygen atoms in total. The predicted molar refractivity (Wildman–Crippen MR) is 83.3 cm³/mol. The first-order valence-electron chi connectivity index (χ1n) is 7.13. The van der Waals surface area contributed by atoms with Crippen LogP contribution in [0, 0.1) is 0 Å². The lowest BCUT2D eigenvalue weighted by Crippen LogP contribution is -2.36. The van der Waals surface area contributed by atoms with Crippen LogP contribution in [0.1, 0.15) is 55.3 Å². The van der Waals surface area contributed by atoms with Gasteiger partial charge in [-0.1, -0.05) is 32.1 Å². The molecule has 4 N–H and O–H groups in total. The van der Waals surface area contributed by atoms with E-state index in [1.54, 1.807) is 12.3 Å². The highest BCUT2D eigenvalue weighted by Crippen LogP contribution is 2.20. The number of halogens is 1. The van der Waals surface area contributed by atoms with Gasteiger partial charge in [0.05, 0.1) is 5.56 Å². The van der Waals surface area contributed by atoms with Crippen LogP contribution in [-0.2, 0) is 0 Å². The third-order valence-electron chi connectivity index (χ3n) is 3.68. The Kier molecular flexibility index (Phi) is 5.79. The standard InChI is InChI=1S/C14H21BrN4O/c15-10-8-12(13(19-16)17-9-10)14(20)18-11-6-4-2-1-3-5-7-11/h8-9,11H,1-7,16H2,(H,17,19)(H,18,20). The van der Waals surface area contributed by atoms with Crippen molar-refractivity contribution in [2.24, 2.45) is 5.84 Å². The van der Waals surface area contributed by atoms with Crippen molar-refractivity contribution in [3.05, 3.63) is 22.3 Å². The van der Waals surface area contributed by atoms with E-state index in [2.05, 4.69) is 31.7 Å². The number of nitrogens with one attached hydrogen (secondary N) is 2. The zero-order chi connectivity index (χ0) is 14.4. The number of nitrogens with two attached hydrogens (primary N) is 1. The molecule has 1 amide bonds. The molecule has 0 unspecified atom stereocenters. The van der Waals surface area contributed by atoms with Gasteiger partial charge in [0.15, 0.2) is 5.82 Å². The van der Waals surface area contributed by atoms with Crippen molar-refractivity contribution in [2.45, 2.75) is 51.0 Å². The number of aromatic nitrogens is 1. The van der Waals surface area contributed by atoms with Crippen LogP contribution in [0.2, 0.25) is 0 Å². The third-order valence-corrected chi connectivity index (χ3v) is 4.11. The molecule has 1 aromatic rings. The van der Waals surface area contributed by atoms with E-state index in [0.717, 1.165) is 17.3 Å². The Morgan fingerprint density at radius 2 is 1.90 bits per heavy atom. The molecule has 1 saturated carbocycles. The molecule has 1 aromatic heterocycles. The quantitative estimate of drug-likeness (QED) is 0.583. The lowest BCUT2D eigenvalue weighted by atomic mass is 9.96. The minimum atomic E-state index is -0.114. The fourth-order valence-corrected chi connectivity index (χ4v) is 2.92. The second-order valence-electron chi connectivity index (χ2n) is 5.21. The topological polar surface area (TPSA) is 80.0 Å². The number of nitrogen functional groups attached to an aromatic ring is 1. The molecule has 0 spiro atoms. The Hall–Kier alpha value is -1.14. The maximum Gasteiger partial charge on any atom is 0.255 e. The zero-order valence-electron chi connectivity index (χ0n) is 11.5. The van der Waals surface area contributed by atoms with Crippen LogP contribution in [0.15, 0.2) is 16.7 Å². The minimum absolute atomic E-state index is 0.114. The van der Waals surface area contributed by atoms with Gasteiger partial charge in [-0.3, -0.25) is 4.79 Å². The van der Waals surface area contributed by atoms with Crippen molar-refractivity contribution in [3.63, 3.8) is 0 Å². The van der Waals surface area contributed by atoms with Crippen molar-refractivity contribution in [1.82, 2.24) is 10.3 Å². The number of hydrogen-bond donors (Lipinski definition) is 3. The summed E-state index contributed by atoms with van der Waals surface area (Å²) in [5.41, 5.74) is 2.95. The molecule has 0 aromatic carbocycles. The lowest BCUT2D eigenvalue weighted by Gasteiger charge is -2.21. The molecule has 1 aliphatic rings. The van der Waals surface area contributed by atoms with Gasteiger partial charge in [-0.15, -0.1) is 0 Å². The van der Waals surface area contributed by atoms with Crippen molar-refractivity contribution >= 4 is 27.7 Å². The Bertz CT molecular complexity index is 458. The highest BCUT2D eigenvalue weighted by atomic mass is 79.9. The number of amides is 1. The minimum Gasteiger partial charge on any atom is -0.349 e. The molecule has 0 radical (unpaired) electrons. The van der Waals surface area contributed by atoms with Crippen LogP contribution in [0.3, 0.4) is 0 Å². The van der Waals surface area contributed by atoms with Crippen LogP contribution in [-0.4, -0.2) is 16.9 Å². The summed E-state index contributed by atoms with van der Waals surface area (Å²) in [6.45, 7) is 0. The first-order chi connectivity index (χ1) is 9.70. The summed E-state index contributed by atoms with van der Waals surface area (Å²) >= 11 is 3.33. The molecule has 6 heteroatoms. The monoisotopic (exact) mass is 340 g/mol. The Morgan fingerprint density at radius 1 is 1.25 bits per heavy atom. The highest BCUT2D eigenvalue weighted by molar-refractivity contribution is 9.10. The Labute approximate surface area is 127 Å². The number of carbonyl (C=O) groups excluding carboxylic acids is 1. The molecule has 20 heavy (non-hydrogen) atoms. The van der Waals surface area contributed by atoms with Gasteiger partial charge in [-0.25, -0.2) is 10.8 Å². The SMILES string of the molecule is NNc1ncc(Br)cc1C(=O)NC1CCCCCCC1. The summed E-state index contributed by atoms with van der Waals surface area (Å²) < 4.78 is 0.763. The van der Waals surface area contributed by atoms with Gasteiger partial charge in [0.1, 0.15) is 0 Å². The molecule has 0 aliphatic heterocycles. The largest absolute Gasteiger partial charge is 0.349 e. The van der Waals surface area contributed by atoms with Crippen LogP contribution in [0.5, 0.6) is 0 Å². The number of nitrogens with zero attached hydrogens (tertiary/aromatic N) is 1. The van der Waals surface area contributed by atoms with E-state index >= 15 is 0 Å². The third kappa shape index (κ3) is 4.18. The van der Waals surface area contributed by atoms with Gasteiger partial charge in [0, 0.05) is 16.7 Å². The van der Waals surface area contributed by atoms with E-state index in [1.165, 1.54) is 32.1 Å². The molecule has 0 saturated heterocycles. The van der Waals surface area contributed by atoms with Gasteiger partial charge >= 0.3 is 0 Å². The number of hydrazine groups is 1. The van der Waals surface area contributed by atoms with Crippen molar-refractivity contribution < 1.29 is 4.79 Å². The van der Waals surface area contributed by atoms with Gasteiger partial charge in [0.2, 0.25) is 0 Å². The second kappa shape index (κ2) is 7.59. The number of carbonyl (C=O) groups is 1. The fourth-order valence-electron chi connectivity index (χ4n) is 2.59. The van der Waals surface area contributed by atoms with Crippen LogP contribution < -0.4 is 16.6 Å². The lowest BCUT2D eigenvalue weighted by molar-refractivity contribution is 0.0931. The van der Waals surface area contributed by atoms with Crippen molar-refractivity contribution in [3.8, 4) is 0 Å². The molecule has 2 rings (SSSR count). The van der Waals surface area contributed by atoms with E-state index in [9.17, 15) is 4.79 Å². The second-order valence-corrected chi connectivity index (χ2v) is 6.13. The Morgan fingerprint density at radius 3 is 2.55 bits per heavy atom. The number of pyridine rings is 1. The van der Waals surface area contributed by atoms with Crippen LogP contribution in [0.4, 0.5) is 5.82 Å². The van der Waals surface area contributed by atoms with E-state index < -0.39 is 0 Å². The van der Waals surface area contributed by atoms with Crippen LogP contribution >= 0.6 is 15.9 Å². The number of anilines is 1. The van der Waals surface area contributed by atoms with E-state index in [1.807, 2.05) is 0 Å².